The molecule has 3 aromatic rings. The lowest BCUT2D eigenvalue weighted by atomic mass is 10.1. The molecule has 0 aliphatic rings. The normalized spacial score (nSPS) is 10.5. The number of benzene rings is 2. The van der Waals surface area contributed by atoms with E-state index in [0.29, 0.717) is 12.0 Å². The molecule has 0 spiro atoms. The molecule has 0 unspecified atom stereocenters. The summed E-state index contributed by atoms with van der Waals surface area (Å²) in [5, 5.41) is 10.2. The van der Waals surface area contributed by atoms with Crippen LogP contribution in [0.3, 0.4) is 0 Å². The van der Waals surface area contributed by atoms with Crippen molar-refractivity contribution in [2.24, 2.45) is 0 Å². The van der Waals surface area contributed by atoms with Gasteiger partial charge in [-0.25, -0.2) is 4.39 Å². The molecular weight excluding hydrogens is 239 g/mol. The van der Waals surface area contributed by atoms with E-state index in [1.807, 2.05) is 24.3 Å². The van der Waals surface area contributed by atoms with E-state index in [9.17, 15) is 9.65 Å². The Morgan fingerprint density at radius 3 is 2.53 bits per heavy atom. The van der Waals surface area contributed by atoms with Gasteiger partial charge < -0.3 is 4.98 Å². The van der Waals surface area contributed by atoms with Crippen molar-refractivity contribution in [2.45, 2.75) is 6.42 Å². The van der Waals surface area contributed by atoms with Gasteiger partial charge in [0.2, 0.25) is 0 Å². The van der Waals surface area contributed by atoms with E-state index in [0.717, 1.165) is 22.2 Å². The summed E-state index contributed by atoms with van der Waals surface area (Å²) in [6.07, 6.45) is 0.595. The molecule has 1 heterocycles. The Hall–Kier alpha value is -2.60. The van der Waals surface area contributed by atoms with Gasteiger partial charge in [-0.15, -0.1) is 0 Å². The fraction of sp³-hybridized carbons (Fsp3) is 0.0625. The van der Waals surface area contributed by atoms with Crippen LogP contribution >= 0.6 is 0 Å². The number of halogens is 1. The van der Waals surface area contributed by atoms with E-state index in [4.69, 9.17) is 0 Å². The van der Waals surface area contributed by atoms with E-state index >= 15 is 0 Å². The third-order valence-corrected chi connectivity index (χ3v) is 3.19. The predicted molar refractivity (Wildman–Crippen MR) is 72.2 cm³/mol. The number of hydrogen-bond acceptors (Lipinski definition) is 1. The minimum atomic E-state index is -0.249. The maximum absolute atomic E-state index is 12.9. The molecule has 0 aliphatic heterocycles. The first-order valence-electron chi connectivity index (χ1n) is 6.02. The van der Waals surface area contributed by atoms with Gasteiger partial charge >= 0.3 is 0 Å². The smallest absolute Gasteiger partial charge is 0.123 e. The van der Waals surface area contributed by atoms with Crippen molar-refractivity contribution < 1.29 is 4.39 Å². The number of hydrogen-bond donors (Lipinski definition) is 1. The van der Waals surface area contributed by atoms with Crippen LogP contribution in [0.15, 0.2) is 48.5 Å². The van der Waals surface area contributed by atoms with E-state index in [1.54, 1.807) is 12.1 Å². The van der Waals surface area contributed by atoms with Crippen LogP contribution in [0, 0.1) is 17.1 Å². The summed E-state index contributed by atoms with van der Waals surface area (Å²) in [5.41, 5.74) is 3.47. The highest BCUT2D eigenvalue weighted by atomic mass is 19.1. The summed E-state index contributed by atoms with van der Waals surface area (Å²) in [6, 6.07) is 16.3. The first-order chi connectivity index (χ1) is 9.28. The predicted octanol–water partition coefficient (Wildman–Crippen LogP) is 3.77. The Bertz CT molecular complexity index is 764. The molecule has 0 atom stereocenters. The number of nitrogens with zero attached hydrogens (tertiary/aromatic N) is 1. The van der Waals surface area contributed by atoms with Gasteiger partial charge in [0.25, 0.3) is 0 Å². The Morgan fingerprint density at radius 2 is 1.79 bits per heavy atom. The lowest BCUT2D eigenvalue weighted by molar-refractivity contribution is 0.627. The van der Waals surface area contributed by atoms with Crippen molar-refractivity contribution in [1.82, 2.24) is 4.98 Å². The number of rotatable bonds is 2. The highest BCUT2D eigenvalue weighted by Crippen LogP contribution is 2.23. The minimum Gasteiger partial charge on any atom is -0.357 e. The molecule has 0 bridgehead atoms. The van der Waals surface area contributed by atoms with Crippen LogP contribution < -0.4 is 0 Å². The second-order valence-corrected chi connectivity index (χ2v) is 4.44. The molecule has 0 saturated heterocycles. The number of H-pyrrole nitrogens is 1. The molecular formula is C16H11FN2. The van der Waals surface area contributed by atoms with Gasteiger partial charge in [-0.1, -0.05) is 30.3 Å². The Balaban J connectivity index is 2.05. The Labute approximate surface area is 110 Å². The molecule has 0 aliphatic carbocycles. The number of aromatic amines is 1. The standard InChI is InChI=1S/C16H11FN2/c17-12-7-5-11(6-8-12)9-16-14(10-18)13-3-1-2-4-15(13)19-16/h1-8,19H,9H2. The topological polar surface area (TPSA) is 39.6 Å². The number of nitriles is 1. The minimum absolute atomic E-state index is 0.249. The molecule has 3 rings (SSSR count). The Morgan fingerprint density at radius 1 is 1.05 bits per heavy atom. The van der Waals surface area contributed by atoms with Crippen molar-refractivity contribution in [3.8, 4) is 6.07 Å². The van der Waals surface area contributed by atoms with Crippen LogP contribution in [0.2, 0.25) is 0 Å². The third-order valence-electron chi connectivity index (χ3n) is 3.19. The lowest BCUT2D eigenvalue weighted by Gasteiger charge is -2.00. The molecule has 0 radical (unpaired) electrons. The second kappa shape index (κ2) is 4.58. The maximum atomic E-state index is 12.9. The van der Waals surface area contributed by atoms with Crippen LogP contribution in [0.1, 0.15) is 16.8 Å². The van der Waals surface area contributed by atoms with Crippen molar-refractivity contribution in [1.29, 1.82) is 5.26 Å². The average molecular weight is 250 g/mol. The second-order valence-electron chi connectivity index (χ2n) is 4.44. The molecule has 0 amide bonds. The monoisotopic (exact) mass is 250 g/mol. The van der Waals surface area contributed by atoms with Gasteiger partial charge in [-0.2, -0.15) is 5.26 Å². The fourth-order valence-electron chi connectivity index (χ4n) is 2.26. The number of fused-ring (bicyclic) bond motifs is 1. The van der Waals surface area contributed by atoms with Gasteiger partial charge in [-0.3, -0.25) is 0 Å². The van der Waals surface area contributed by atoms with Crippen molar-refractivity contribution in [3.63, 3.8) is 0 Å². The fourth-order valence-corrected chi connectivity index (χ4v) is 2.26. The van der Waals surface area contributed by atoms with Crippen molar-refractivity contribution in [3.05, 3.63) is 71.2 Å². The van der Waals surface area contributed by atoms with Crippen LogP contribution in [0.4, 0.5) is 4.39 Å². The van der Waals surface area contributed by atoms with E-state index in [1.165, 1.54) is 12.1 Å². The largest absolute Gasteiger partial charge is 0.357 e. The zero-order valence-corrected chi connectivity index (χ0v) is 10.2. The quantitative estimate of drug-likeness (QED) is 0.738. The third kappa shape index (κ3) is 2.09. The zero-order valence-electron chi connectivity index (χ0n) is 10.2. The summed E-state index contributed by atoms with van der Waals surface area (Å²) in [7, 11) is 0. The molecule has 2 nitrogen and oxygen atoms in total. The average Bonchev–Trinajstić information content (AvgIpc) is 2.78. The molecule has 2 aromatic carbocycles. The van der Waals surface area contributed by atoms with Crippen LogP contribution in [-0.2, 0) is 6.42 Å². The van der Waals surface area contributed by atoms with E-state index < -0.39 is 0 Å². The maximum Gasteiger partial charge on any atom is 0.123 e. The molecule has 0 fully saturated rings. The highest BCUT2D eigenvalue weighted by Gasteiger charge is 2.10. The first-order valence-corrected chi connectivity index (χ1v) is 6.02. The SMILES string of the molecule is N#Cc1c(Cc2ccc(F)cc2)[nH]c2ccccc12. The highest BCUT2D eigenvalue weighted by molar-refractivity contribution is 5.87. The van der Waals surface area contributed by atoms with Gasteiger partial charge in [0.05, 0.1) is 5.56 Å². The van der Waals surface area contributed by atoms with Gasteiger partial charge in [0.1, 0.15) is 11.9 Å². The number of nitrogens with one attached hydrogen (secondary N) is 1. The zero-order chi connectivity index (χ0) is 13.2. The molecule has 0 saturated carbocycles. The summed E-state index contributed by atoms with van der Waals surface area (Å²) < 4.78 is 12.9. The molecule has 92 valence electrons. The van der Waals surface area contributed by atoms with E-state index in [-0.39, 0.29) is 5.82 Å². The summed E-state index contributed by atoms with van der Waals surface area (Å²) in [6.45, 7) is 0. The van der Waals surface area contributed by atoms with Crippen molar-refractivity contribution >= 4 is 10.9 Å². The number of para-hydroxylation sites is 1. The molecule has 1 aromatic heterocycles. The van der Waals surface area contributed by atoms with Crippen LogP contribution in [-0.4, -0.2) is 4.98 Å². The first kappa shape index (κ1) is 11.5. The van der Waals surface area contributed by atoms with E-state index in [2.05, 4.69) is 11.1 Å². The Kier molecular flexibility index (Phi) is 2.77. The summed E-state index contributed by atoms with van der Waals surface area (Å²) in [5.74, 6) is -0.249. The summed E-state index contributed by atoms with van der Waals surface area (Å²) in [4.78, 5) is 3.26. The van der Waals surface area contributed by atoms with Crippen molar-refractivity contribution in [2.75, 3.05) is 0 Å². The number of aromatic nitrogens is 1. The van der Waals surface area contributed by atoms with Crippen LogP contribution in [0.25, 0.3) is 10.9 Å². The molecule has 19 heavy (non-hydrogen) atoms. The van der Waals surface area contributed by atoms with Gasteiger partial charge in [0, 0.05) is 23.0 Å². The molecule has 1 N–H and O–H groups in total. The van der Waals surface area contributed by atoms with Gasteiger partial charge in [-0.05, 0) is 23.8 Å². The molecule has 3 heteroatoms. The summed E-state index contributed by atoms with van der Waals surface area (Å²) >= 11 is 0. The van der Waals surface area contributed by atoms with Gasteiger partial charge in [0.15, 0.2) is 0 Å². The van der Waals surface area contributed by atoms with Crippen LogP contribution in [0.5, 0.6) is 0 Å². The lowest BCUT2D eigenvalue weighted by Crippen LogP contribution is -1.91.